The third-order valence-electron chi connectivity index (χ3n) is 3.83. The molecule has 1 saturated carbocycles. The van der Waals surface area contributed by atoms with Gasteiger partial charge in [0.15, 0.2) is 0 Å². The minimum Gasteiger partial charge on any atom is -0.379 e. The maximum Gasteiger partial charge on any atom is 0.0809 e. The first-order valence-electron chi connectivity index (χ1n) is 7.59. The van der Waals surface area contributed by atoms with Crippen LogP contribution in [0.2, 0.25) is 0 Å². The van der Waals surface area contributed by atoms with Gasteiger partial charge in [-0.15, -0.1) is 0 Å². The molecule has 0 aromatic rings. The molecular formula is C15H31NO2. The minimum absolute atomic E-state index is 0.0561. The molecule has 1 aliphatic rings. The monoisotopic (exact) mass is 257 g/mol. The highest BCUT2D eigenvalue weighted by Crippen LogP contribution is 2.34. The van der Waals surface area contributed by atoms with E-state index in [1.165, 1.54) is 32.1 Å². The summed E-state index contributed by atoms with van der Waals surface area (Å²) in [4.78, 5) is 0. The summed E-state index contributed by atoms with van der Waals surface area (Å²) in [5, 5.41) is 3.29. The van der Waals surface area contributed by atoms with Crippen LogP contribution in [0, 0.1) is 5.92 Å². The van der Waals surface area contributed by atoms with E-state index in [0.29, 0.717) is 0 Å². The van der Waals surface area contributed by atoms with Gasteiger partial charge in [0.1, 0.15) is 0 Å². The Labute approximate surface area is 113 Å². The van der Waals surface area contributed by atoms with Crippen molar-refractivity contribution < 1.29 is 9.47 Å². The molecule has 2 atom stereocenters. The van der Waals surface area contributed by atoms with E-state index in [1.807, 2.05) is 7.05 Å². The lowest BCUT2D eigenvalue weighted by Crippen LogP contribution is -2.46. The summed E-state index contributed by atoms with van der Waals surface area (Å²) in [6, 6.07) is 0. The van der Waals surface area contributed by atoms with E-state index in [0.717, 1.165) is 38.7 Å². The van der Waals surface area contributed by atoms with Crippen LogP contribution in [0.15, 0.2) is 0 Å². The molecule has 1 fully saturated rings. The van der Waals surface area contributed by atoms with Crippen LogP contribution in [0.25, 0.3) is 0 Å². The average Bonchev–Trinajstić information content (AvgIpc) is 2.34. The average molecular weight is 257 g/mol. The van der Waals surface area contributed by atoms with Gasteiger partial charge in [-0.3, -0.25) is 0 Å². The Morgan fingerprint density at radius 3 is 2.78 bits per heavy atom. The lowest BCUT2D eigenvalue weighted by molar-refractivity contribution is -0.0944. The van der Waals surface area contributed by atoms with E-state index >= 15 is 0 Å². The zero-order chi connectivity index (χ0) is 13.3. The van der Waals surface area contributed by atoms with Gasteiger partial charge in [-0.2, -0.15) is 0 Å². The van der Waals surface area contributed by atoms with Crippen molar-refractivity contribution in [3.8, 4) is 0 Å². The third kappa shape index (κ3) is 5.68. The van der Waals surface area contributed by atoms with Crippen LogP contribution in [0.3, 0.4) is 0 Å². The van der Waals surface area contributed by atoms with E-state index in [-0.39, 0.29) is 5.60 Å². The van der Waals surface area contributed by atoms with Crippen LogP contribution in [0.1, 0.15) is 52.4 Å². The number of nitrogens with one attached hydrogen (secondary N) is 1. The Balaban J connectivity index is 2.24. The van der Waals surface area contributed by atoms with Gasteiger partial charge in [-0.05, 0) is 32.2 Å². The molecule has 0 aromatic carbocycles. The van der Waals surface area contributed by atoms with Gasteiger partial charge in [-0.25, -0.2) is 0 Å². The van der Waals surface area contributed by atoms with Gasteiger partial charge < -0.3 is 14.8 Å². The van der Waals surface area contributed by atoms with Gasteiger partial charge in [0.25, 0.3) is 0 Å². The van der Waals surface area contributed by atoms with Crippen molar-refractivity contribution in [2.45, 2.75) is 58.0 Å². The molecule has 0 spiro atoms. The predicted octanol–water partition coefficient (Wildman–Crippen LogP) is 2.99. The van der Waals surface area contributed by atoms with Gasteiger partial charge in [0, 0.05) is 13.2 Å². The van der Waals surface area contributed by atoms with Crippen molar-refractivity contribution in [2.75, 3.05) is 33.4 Å². The Kier molecular flexibility index (Phi) is 7.87. The fourth-order valence-corrected chi connectivity index (χ4v) is 2.94. The third-order valence-corrected chi connectivity index (χ3v) is 3.83. The summed E-state index contributed by atoms with van der Waals surface area (Å²) in [6.45, 7) is 7.83. The number of hydrogen-bond acceptors (Lipinski definition) is 3. The van der Waals surface area contributed by atoms with Crippen molar-refractivity contribution in [1.82, 2.24) is 5.32 Å². The highest BCUT2D eigenvalue weighted by atomic mass is 16.5. The van der Waals surface area contributed by atoms with E-state index in [9.17, 15) is 0 Å². The molecule has 1 rings (SSSR count). The Hall–Kier alpha value is -0.120. The summed E-state index contributed by atoms with van der Waals surface area (Å²) >= 11 is 0. The Morgan fingerprint density at radius 2 is 2.11 bits per heavy atom. The molecule has 3 heteroatoms. The maximum atomic E-state index is 6.17. The second-order valence-electron chi connectivity index (χ2n) is 5.73. The first kappa shape index (κ1) is 15.9. The molecule has 0 radical (unpaired) electrons. The van der Waals surface area contributed by atoms with Crippen molar-refractivity contribution in [2.24, 2.45) is 5.92 Å². The molecule has 0 aromatic heterocycles. The molecular weight excluding hydrogens is 226 g/mol. The summed E-state index contributed by atoms with van der Waals surface area (Å²) < 4.78 is 11.7. The molecule has 3 nitrogen and oxygen atoms in total. The van der Waals surface area contributed by atoms with E-state index < -0.39 is 0 Å². The van der Waals surface area contributed by atoms with E-state index in [1.54, 1.807) is 0 Å². The van der Waals surface area contributed by atoms with Crippen molar-refractivity contribution in [3.05, 3.63) is 0 Å². The predicted molar refractivity (Wildman–Crippen MR) is 76.0 cm³/mol. The molecule has 1 aliphatic carbocycles. The van der Waals surface area contributed by atoms with Crippen molar-refractivity contribution in [1.29, 1.82) is 0 Å². The number of likely N-dealkylation sites (N-methyl/N-ethyl adjacent to an activating group) is 1. The van der Waals surface area contributed by atoms with Crippen molar-refractivity contribution in [3.63, 3.8) is 0 Å². The highest BCUT2D eigenvalue weighted by Gasteiger charge is 2.35. The summed E-state index contributed by atoms with van der Waals surface area (Å²) in [5.41, 5.74) is 0.0561. The van der Waals surface area contributed by atoms with Crippen molar-refractivity contribution >= 4 is 0 Å². The van der Waals surface area contributed by atoms with Gasteiger partial charge in [0.2, 0.25) is 0 Å². The summed E-state index contributed by atoms with van der Waals surface area (Å²) in [6.07, 6.45) is 7.36. The second kappa shape index (κ2) is 8.89. The smallest absolute Gasteiger partial charge is 0.0809 e. The molecule has 0 heterocycles. The molecule has 18 heavy (non-hydrogen) atoms. The zero-order valence-corrected chi connectivity index (χ0v) is 12.5. The molecule has 0 bridgehead atoms. The topological polar surface area (TPSA) is 30.5 Å². The zero-order valence-electron chi connectivity index (χ0n) is 12.5. The lowest BCUT2D eigenvalue weighted by atomic mass is 9.78. The summed E-state index contributed by atoms with van der Waals surface area (Å²) in [7, 11) is 2.02. The lowest BCUT2D eigenvalue weighted by Gasteiger charge is -2.40. The van der Waals surface area contributed by atoms with E-state index in [2.05, 4.69) is 19.2 Å². The first-order chi connectivity index (χ1) is 8.72. The quantitative estimate of drug-likeness (QED) is 0.644. The van der Waals surface area contributed by atoms with Crippen LogP contribution in [-0.2, 0) is 9.47 Å². The van der Waals surface area contributed by atoms with Crippen LogP contribution < -0.4 is 5.32 Å². The molecule has 2 unspecified atom stereocenters. The molecule has 0 saturated heterocycles. The standard InChI is InChI=1S/C15H31NO2/c1-4-5-9-17-10-11-18-15(13-16-3)8-6-7-14(2)12-15/h14,16H,4-13H2,1-3H3. The molecule has 1 N–H and O–H groups in total. The van der Waals surface area contributed by atoms with E-state index in [4.69, 9.17) is 9.47 Å². The molecule has 108 valence electrons. The second-order valence-corrected chi connectivity index (χ2v) is 5.73. The van der Waals surface area contributed by atoms with Crippen LogP contribution in [0.4, 0.5) is 0 Å². The number of unbranched alkanes of at least 4 members (excludes halogenated alkanes) is 1. The van der Waals surface area contributed by atoms with Gasteiger partial charge in [0.05, 0.1) is 18.8 Å². The Morgan fingerprint density at radius 1 is 1.28 bits per heavy atom. The number of hydrogen-bond donors (Lipinski definition) is 1. The highest BCUT2D eigenvalue weighted by molar-refractivity contribution is 4.88. The number of ether oxygens (including phenoxy) is 2. The maximum absolute atomic E-state index is 6.17. The normalized spacial score (nSPS) is 28.5. The summed E-state index contributed by atoms with van der Waals surface area (Å²) in [5.74, 6) is 0.785. The van der Waals surface area contributed by atoms with Crippen LogP contribution >= 0.6 is 0 Å². The largest absolute Gasteiger partial charge is 0.379 e. The fourth-order valence-electron chi connectivity index (χ4n) is 2.94. The number of rotatable bonds is 9. The molecule has 0 aliphatic heterocycles. The first-order valence-corrected chi connectivity index (χ1v) is 7.59. The van der Waals surface area contributed by atoms with Crippen LogP contribution in [-0.4, -0.2) is 39.0 Å². The van der Waals surface area contributed by atoms with Crippen LogP contribution in [0.5, 0.6) is 0 Å². The molecule has 0 amide bonds. The minimum atomic E-state index is 0.0561. The van der Waals surface area contributed by atoms with Gasteiger partial charge in [-0.1, -0.05) is 33.1 Å². The SMILES string of the molecule is CCCCOCCOC1(CNC)CCCC(C)C1. The Bertz CT molecular complexity index is 207. The van der Waals surface area contributed by atoms with Gasteiger partial charge >= 0.3 is 0 Å². The fraction of sp³-hybridized carbons (Fsp3) is 1.00.